The number of hydrogen-bond donors (Lipinski definition) is 0. The van der Waals surface area contributed by atoms with Crippen LogP contribution in [0.3, 0.4) is 0 Å². The maximum Gasteiger partial charge on any atom is 0.235 e. The maximum absolute atomic E-state index is 12.3. The van der Waals surface area contributed by atoms with Gasteiger partial charge in [-0.05, 0) is 43.4 Å². The van der Waals surface area contributed by atoms with E-state index in [2.05, 4.69) is 4.99 Å². The van der Waals surface area contributed by atoms with Crippen molar-refractivity contribution in [3.63, 3.8) is 0 Å². The van der Waals surface area contributed by atoms with E-state index < -0.39 is 15.4 Å². The van der Waals surface area contributed by atoms with Crippen molar-refractivity contribution in [1.82, 2.24) is 0 Å². The summed E-state index contributed by atoms with van der Waals surface area (Å²) in [4.78, 5) is 14.9. The third kappa shape index (κ3) is 2.54. The molecule has 2 saturated carbocycles. The molecule has 0 unspecified atom stereocenters. The highest BCUT2D eigenvalue weighted by Crippen LogP contribution is 2.44. The van der Waals surface area contributed by atoms with Gasteiger partial charge >= 0.3 is 0 Å². The molecule has 0 radical (unpaired) electrons. The summed E-state index contributed by atoms with van der Waals surface area (Å²) >= 11 is 6.21. The van der Waals surface area contributed by atoms with Crippen LogP contribution in [0.5, 0.6) is 0 Å². The molecule has 112 valence electrons. The fourth-order valence-corrected chi connectivity index (χ4v) is 5.30. The summed E-state index contributed by atoms with van der Waals surface area (Å²) in [6, 6.07) is 4.96. The molecule has 1 aromatic carbocycles. The lowest BCUT2D eigenvalue weighted by Crippen LogP contribution is -2.19. The number of isocyanates is 1. The van der Waals surface area contributed by atoms with Gasteiger partial charge in [0, 0.05) is 0 Å². The minimum absolute atomic E-state index is 0.193. The van der Waals surface area contributed by atoms with Gasteiger partial charge in [-0.1, -0.05) is 30.5 Å². The molecular weight excluding hydrogens is 310 g/mol. The highest BCUT2D eigenvalue weighted by molar-refractivity contribution is 7.92. The van der Waals surface area contributed by atoms with E-state index in [1.165, 1.54) is 0 Å². The number of aliphatic imine (C=N–C) groups is 1. The summed E-state index contributed by atoms with van der Waals surface area (Å²) in [7, 11) is -3.31. The molecule has 6 heteroatoms. The van der Waals surface area contributed by atoms with Crippen LogP contribution in [-0.2, 0) is 20.2 Å². The number of carbonyl (C=O) groups excluding carboxylic acids is 1. The van der Waals surface area contributed by atoms with E-state index in [9.17, 15) is 13.2 Å². The number of halogens is 1. The SMILES string of the molecule is O=C=NC1(c2ccc(S(=O)(=O)C3CC3)c(Cl)c2)CCCC1. The van der Waals surface area contributed by atoms with E-state index in [0.717, 1.165) is 31.2 Å². The Morgan fingerprint density at radius 3 is 2.43 bits per heavy atom. The van der Waals surface area contributed by atoms with Crippen LogP contribution >= 0.6 is 11.6 Å². The van der Waals surface area contributed by atoms with Crippen molar-refractivity contribution in [3.05, 3.63) is 28.8 Å². The third-order valence-corrected chi connectivity index (χ3v) is 7.17. The summed E-state index contributed by atoms with van der Waals surface area (Å²) < 4.78 is 24.6. The van der Waals surface area contributed by atoms with E-state index in [1.807, 2.05) is 0 Å². The molecule has 0 N–H and O–H groups in total. The lowest BCUT2D eigenvalue weighted by molar-refractivity contribution is 0.455. The maximum atomic E-state index is 12.3. The molecule has 0 aliphatic heterocycles. The molecule has 0 saturated heterocycles. The minimum atomic E-state index is -3.31. The Morgan fingerprint density at radius 2 is 1.90 bits per heavy atom. The molecule has 0 atom stereocenters. The normalized spacial score (nSPS) is 21.0. The van der Waals surface area contributed by atoms with Crippen molar-refractivity contribution in [2.75, 3.05) is 0 Å². The Hall–Kier alpha value is -1.16. The predicted octanol–water partition coefficient (Wildman–Crippen LogP) is 3.38. The highest BCUT2D eigenvalue weighted by atomic mass is 35.5. The molecule has 21 heavy (non-hydrogen) atoms. The Morgan fingerprint density at radius 1 is 1.24 bits per heavy atom. The second-order valence-corrected chi connectivity index (χ2v) is 8.44. The molecule has 4 nitrogen and oxygen atoms in total. The summed E-state index contributed by atoms with van der Waals surface area (Å²) in [5.74, 6) is 0. The number of rotatable bonds is 4. The van der Waals surface area contributed by atoms with Crippen LogP contribution in [0.15, 0.2) is 28.1 Å². The lowest BCUT2D eigenvalue weighted by Gasteiger charge is -2.23. The molecule has 0 amide bonds. The van der Waals surface area contributed by atoms with E-state index in [-0.39, 0.29) is 15.2 Å². The summed E-state index contributed by atoms with van der Waals surface area (Å²) in [6.45, 7) is 0. The van der Waals surface area contributed by atoms with E-state index in [4.69, 9.17) is 11.6 Å². The van der Waals surface area contributed by atoms with Gasteiger partial charge in [-0.3, -0.25) is 0 Å². The zero-order chi connectivity index (χ0) is 15.1. The van der Waals surface area contributed by atoms with Gasteiger partial charge in [0.1, 0.15) is 0 Å². The van der Waals surface area contributed by atoms with Gasteiger partial charge in [-0.2, -0.15) is 4.99 Å². The molecule has 0 aromatic heterocycles. The van der Waals surface area contributed by atoms with Gasteiger partial charge in [0.15, 0.2) is 9.84 Å². The molecule has 0 spiro atoms. The van der Waals surface area contributed by atoms with Crippen LogP contribution in [0.1, 0.15) is 44.1 Å². The van der Waals surface area contributed by atoms with Crippen LogP contribution in [0.4, 0.5) is 0 Å². The fourth-order valence-electron chi connectivity index (χ4n) is 3.09. The smallest absolute Gasteiger partial charge is 0.223 e. The minimum Gasteiger partial charge on any atom is -0.223 e. The standard InChI is InChI=1S/C15H16ClNO3S/c16-13-9-11(15(17-10-18)7-1-2-8-15)3-6-14(13)21(19,20)12-4-5-12/h3,6,9,12H,1-2,4-5,7-8H2. The Bertz CT molecular complexity index is 712. The van der Waals surface area contributed by atoms with Gasteiger partial charge in [0.2, 0.25) is 6.08 Å². The zero-order valence-electron chi connectivity index (χ0n) is 11.5. The number of hydrogen-bond acceptors (Lipinski definition) is 4. The summed E-state index contributed by atoms with van der Waals surface area (Å²) in [5, 5.41) is -0.0546. The van der Waals surface area contributed by atoms with Gasteiger partial charge in [-0.15, -0.1) is 0 Å². The van der Waals surface area contributed by atoms with Gasteiger partial charge in [0.05, 0.1) is 20.7 Å². The number of sulfone groups is 1. The van der Waals surface area contributed by atoms with E-state index >= 15 is 0 Å². The van der Waals surface area contributed by atoms with Gasteiger partial charge in [-0.25, -0.2) is 13.2 Å². The summed E-state index contributed by atoms with van der Waals surface area (Å²) in [6.07, 6.45) is 6.60. The number of nitrogens with zero attached hydrogens (tertiary/aromatic N) is 1. The molecule has 3 rings (SSSR count). The third-order valence-electron chi connectivity index (χ3n) is 4.43. The monoisotopic (exact) mass is 325 g/mol. The Balaban J connectivity index is 2.03. The molecule has 2 aliphatic carbocycles. The quantitative estimate of drug-likeness (QED) is 0.629. The first-order valence-corrected chi connectivity index (χ1v) is 9.05. The first-order valence-electron chi connectivity index (χ1n) is 7.13. The largest absolute Gasteiger partial charge is 0.235 e. The average molecular weight is 326 g/mol. The van der Waals surface area contributed by atoms with Crippen molar-refractivity contribution >= 4 is 27.5 Å². The number of benzene rings is 1. The van der Waals surface area contributed by atoms with Crippen molar-refractivity contribution in [1.29, 1.82) is 0 Å². The predicted molar refractivity (Wildman–Crippen MR) is 79.9 cm³/mol. The fraction of sp³-hybridized carbons (Fsp3) is 0.533. The lowest BCUT2D eigenvalue weighted by atomic mass is 9.89. The van der Waals surface area contributed by atoms with E-state index in [1.54, 1.807) is 24.3 Å². The zero-order valence-corrected chi connectivity index (χ0v) is 13.1. The molecule has 2 aliphatic rings. The van der Waals surface area contributed by atoms with Crippen LogP contribution in [0.25, 0.3) is 0 Å². The van der Waals surface area contributed by atoms with Gasteiger partial charge in [0.25, 0.3) is 0 Å². The highest BCUT2D eigenvalue weighted by Gasteiger charge is 2.40. The van der Waals surface area contributed by atoms with Crippen molar-refractivity contribution in [3.8, 4) is 0 Å². The second-order valence-electron chi connectivity index (χ2n) is 5.83. The second kappa shape index (κ2) is 5.24. The Labute approximate surface area is 129 Å². The van der Waals surface area contributed by atoms with Crippen LogP contribution in [-0.4, -0.2) is 19.7 Å². The van der Waals surface area contributed by atoms with Crippen molar-refractivity contribution in [2.45, 2.75) is 54.2 Å². The molecular formula is C15H16ClNO3S. The van der Waals surface area contributed by atoms with Crippen LogP contribution < -0.4 is 0 Å². The first-order chi connectivity index (χ1) is 9.99. The van der Waals surface area contributed by atoms with Crippen LogP contribution in [0, 0.1) is 0 Å². The molecule has 1 aromatic rings. The first kappa shape index (κ1) is 14.8. The molecule has 0 bridgehead atoms. The van der Waals surface area contributed by atoms with Crippen molar-refractivity contribution in [2.24, 2.45) is 4.99 Å². The molecule has 2 fully saturated rings. The van der Waals surface area contributed by atoms with Crippen LogP contribution in [0.2, 0.25) is 5.02 Å². The Kier molecular flexibility index (Phi) is 3.68. The van der Waals surface area contributed by atoms with E-state index in [0.29, 0.717) is 12.8 Å². The molecule has 0 heterocycles. The van der Waals surface area contributed by atoms with Gasteiger partial charge < -0.3 is 0 Å². The average Bonchev–Trinajstić information content (AvgIpc) is 3.20. The topological polar surface area (TPSA) is 63.6 Å². The van der Waals surface area contributed by atoms with Crippen molar-refractivity contribution < 1.29 is 13.2 Å². The summed E-state index contributed by atoms with van der Waals surface area (Å²) in [5.41, 5.74) is 0.232.